The maximum absolute atomic E-state index is 13.0. The topological polar surface area (TPSA) is 80.0 Å². The van der Waals surface area contributed by atoms with Crippen molar-refractivity contribution in [2.75, 3.05) is 29.4 Å². The van der Waals surface area contributed by atoms with Crippen molar-refractivity contribution in [3.05, 3.63) is 54.9 Å². The molecule has 0 N–H and O–H groups in total. The molecular weight excluding hydrogens is 342 g/mol. The minimum Gasteiger partial charge on any atom is -0.355 e. The zero-order valence-corrected chi connectivity index (χ0v) is 15.4. The van der Waals surface area contributed by atoms with Crippen LogP contribution in [0.3, 0.4) is 0 Å². The van der Waals surface area contributed by atoms with Gasteiger partial charge in [0.15, 0.2) is 5.82 Å². The Balaban J connectivity index is 1.45. The highest BCUT2D eigenvalue weighted by Gasteiger charge is 2.36. The van der Waals surface area contributed by atoms with Gasteiger partial charge in [-0.15, -0.1) is 0 Å². The van der Waals surface area contributed by atoms with Gasteiger partial charge in [-0.25, -0.2) is 19.6 Å². The van der Waals surface area contributed by atoms with Crippen LogP contribution >= 0.6 is 0 Å². The van der Waals surface area contributed by atoms with E-state index in [1.54, 1.807) is 11.0 Å². The lowest BCUT2D eigenvalue weighted by atomic mass is 9.97. The molecule has 3 aromatic rings. The Bertz CT molecular complexity index is 935. The highest BCUT2D eigenvalue weighted by Crippen LogP contribution is 2.28. The van der Waals surface area contributed by atoms with Crippen LogP contribution in [-0.4, -0.2) is 50.3 Å². The first-order chi connectivity index (χ1) is 13.2. The summed E-state index contributed by atoms with van der Waals surface area (Å²) in [5.41, 5.74) is 2.09. The van der Waals surface area contributed by atoms with Gasteiger partial charge in [-0.2, -0.15) is 5.10 Å². The molecule has 0 unspecified atom stereocenters. The van der Waals surface area contributed by atoms with E-state index in [-0.39, 0.29) is 11.8 Å². The molecule has 27 heavy (non-hydrogen) atoms. The molecule has 8 heteroatoms. The summed E-state index contributed by atoms with van der Waals surface area (Å²) in [4.78, 5) is 29.4. The molecule has 0 aliphatic carbocycles. The number of carbonyl (C=O) groups is 1. The van der Waals surface area contributed by atoms with Gasteiger partial charge in [0.25, 0.3) is 0 Å². The van der Waals surface area contributed by atoms with E-state index in [0.29, 0.717) is 25.5 Å². The SMILES string of the molecule is CCN(C(=O)C1CN(c2cc(-n3cncn3)ncn2)C1)c1ccccc1C. The van der Waals surface area contributed by atoms with Crippen LogP contribution in [0.25, 0.3) is 5.82 Å². The number of hydrogen-bond donors (Lipinski definition) is 0. The van der Waals surface area contributed by atoms with Crippen LogP contribution in [0.2, 0.25) is 0 Å². The average Bonchev–Trinajstić information content (AvgIpc) is 3.18. The third kappa shape index (κ3) is 3.25. The third-order valence-corrected chi connectivity index (χ3v) is 4.83. The fourth-order valence-electron chi connectivity index (χ4n) is 3.32. The van der Waals surface area contributed by atoms with Gasteiger partial charge in [-0.3, -0.25) is 4.79 Å². The molecule has 4 rings (SSSR count). The van der Waals surface area contributed by atoms with Gasteiger partial charge in [0.2, 0.25) is 5.91 Å². The second-order valence-electron chi connectivity index (χ2n) is 6.55. The van der Waals surface area contributed by atoms with E-state index in [0.717, 1.165) is 17.1 Å². The number of hydrogen-bond acceptors (Lipinski definition) is 6. The lowest BCUT2D eigenvalue weighted by molar-refractivity contribution is -0.123. The Hall–Kier alpha value is -3.29. The molecule has 0 saturated carbocycles. The zero-order chi connectivity index (χ0) is 18.8. The summed E-state index contributed by atoms with van der Waals surface area (Å²) in [6.07, 6.45) is 4.56. The van der Waals surface area contributed by atoms with Crippen molar-refractivity contribution in [2.24, 2.45) is 5.92 Å². The predicted molar refractivity (Wildman–Crippen MR) is 102 cm³/mol. The first kappa shape index (κ1) is 17.1. The summed E-state index contributed by atoms with van der Waals surface area (Å²) in [5.74, 6) is 1.57. The molecule has 1 amide bonds. The van der Waals surface area contributed by atoms with Crippen molar-refractivity contribution in [3.63, 3.8) is 0 Å². The van der Waals surface area contributed by atoms with Gasteiger partial charge in [0.05, 0.1) is 5.92 Å². The maximum Gasteiger partial charge on any atom is 0.233 e. The Morgan fingerprint density at radius 3 is 2.67 bits per heavy atom. The Labute approximate surface area is 157 Å². The molecule has 3 heterocycles. The third-order valence-electron chi connectivity index (χ3n) is 4.83. The smallest absolute Gasteiger partial charge is 0.233 e. The standard InChI is InChI=1S/C19H21N7O/c1-3-25(16-7-5-4-6-14(16)2)19(27)15-9-24(10-15)17-8-18(22-12-21-17)26-13-20-11-23-26/h4-8,11-13,15H,3,9-10H2,1-2H3. The van der Waals surface area contributed by atoms with Gasteiger partial charge >= 0.3 is 0 Å². The van der Waals surface area contributed by atoms with E-state index in [1.165, 1.54) is 12.7 Å². The van der Waals surface area contributed by atoms with Crippen molar-refractivity contribution in [2.45, 2.75) is 13.8 Å². The van der Waals surface area contributed by atoms with Crippen molar-refractivity contribution < 1.29 is 4.79 Å². The normalized spacial score (nSPS) is 14.1. The number of aryl methyl sites for hydroxylation is 1. The molecule has 0 atom stereocenters. The highest BCUT2D eigenvalue weighted by atomic mass is 16.2. The summed E-state index contributed by atoms with van der Waals surface area (Å²) >= 11 is 0. The van der Waals surface area contributed by atoms with E-state index in [1.807, 2.05) is 49.1 Å². The van der Waals surface area contributed by atoms with Crippen molar-refractivity contribution in [3.8, 4) is 5.82 Å². The number of aromatic nitrogens is 5. The van der Waals surface area contributed by atoms with Gasteiger partial charge in [0.1, 0.15) is 24.8 Å². The quantitative estimate of drug-likeness (QED) is 0.688. The summed E-state index contributed by atoms with van der Waals surface area (Å²) in [6, 6.07) is 9.85. The molecule has 1 saturated heterocycles. The fourth-order valence-corrected chi connectivity index (χ4v) is 3.32. The summed E-state index contributed by atoms with van der Waals surface area (Å²) in [5, 5.41) is 4.09. The monoisotopic (exact) mass is 363 g/mol. The number of benzene rings is 1. The van der Waals surface area contributed by atoms with Crippen LogP contribution < -0.4 is 9.80 Å². The number of carbonyl (C=O) groups excluding carboxylic acids is 1. The van der Waals surface area contributed by atoms with Crippen LogP contribution in [0.5, 0.6) is 0 Å². The maximum atomic E-state index is 13.0. The zero-order valence-electron chi connectivity index (χ0n) is 15.4. The minimum atomic E-state index is -0.0330. The van der Waals surface area contributed by atoms with Crippen LogP contribution in [0, 0.1) is 12.8 Å². The lowest BCUT2D eigenvalue weighted by Crippen LogP contribution is -2.55. The van der Waals surface area contributed by atoms with E-state index >= 15 is 0 Å². The molecule has 2 aromatic heterocycles. The van der Waals surface area contributed by atoms with Crippen LogP contribution in [0.1, 0.15) is 12.5 Å². The molecule has 1 aliphatic rings. The largest absolute Gasteiger partial charge is 0.355 e. The molecule has 8 nitrogen and oxygen atoms in total. The highest BCUT2D eigenvalue weighted by molar-refractivity contribution is 5.97. The molecule has 0 radical (unpaired) electrons. The summed E-state index contributed by atoms with van der Waals surface area (Å²) in [7, 11) is 0. The van der Waals surface area contributed by atoms with Crippen LogP contribution in [0.4, 0.5) is 11.5 Å². The van der Waals surface area contributed by atoms with Crippen molar-refractivity contribution in [1.29, 1.82) is 0 Å². The van der Waals surface area contributed by atoms with Gasteiger partial charge in [-0.05, 0) is 25.5 Å². The number of anilines is 2. The number of para-hydroxylation sites is 1. The predicted octanol–water partition coefficient (Wildman–Crippen LogP) is 1.86. The average molecular weight is 363 g/mol. The summed E-state index contributed by atoms with van der Waals surface area (Å²) < 4.78 is 1.59. The van der Waals surface area contributed by atoms with Crippen molar-refractivity contribution in [1.82, 2.24) is 24.7 Å². The summed E-state index contributed by atoms with van der Waals surface area (Å²) in [6.45, 7) is 5.99. The first-order valence-corrected chi connectivity index (χ1v) is 8.96. The van der Waals surface area contributed by atoms with Gasteiger partial charge in [-0.1, -0.05) is 18.2 Å². The Morgan fingerprint density at radius 1 is 1.19 bits per heavy atom. The van der Waals surface area contributed by atoms with E-state index in [2.05, 4.69) is 25.0 Å². The minimum absolute atomic E-state index is 0.0330. The second kappa shape index (κ2) is 7.14. The van der Waals surface area contributed by atoms with Gasteiger partial charge in [0, 0.05) is 31.4 Å². The fraction of sp³-hybridized carbons (Fsp3) is 0.316. The molecule has 1 fully saturated rings. The van der Waals surface area contributed by atoms with Crippen LogP contribution in [0.15, 0.2) is 49.3 Å². The number of nitrogens with zero attached hydrogens (tertiary/aromatic N) is 7. The van der Waals surface area contributed by atoms with E-state index in [4.69, 9.17) is 0 Å². The lowest BCUT2D eigenvalue weighted by Gasteiger charge is -2.41. The molecular formula is C19H21N7O. The molecule has 0 spiro atoms. The molecule has 0 bridgehead atoms. The van der Waals surface area contributed by atoms with Gasteiger partial charge < -0.3 is 9.80 Å². The first-order valence-electron chi connectivity index (χ1n) is 8.96. The second-order valence-corrected chi connectivity index (χ2v) is 6.55. The van der Waals surface area contributed by atoms with E-state index < -0.39 is 0 Å². The molecule has 1 aliphatic heterocycles. The molecule has 138 valence electrons. The Morgan fingerprint density at radius 2 is 1.96 bits per heavy atom. The van der Waals surface area contributed by atoms with Crippen molar-refractivity contribution >= 4 is 17.4 Å². The van der Waals surface area contributed by atoms with Crippen LogP contribution in [-0.2, 0) is 4.79 Å². The number of rotatable bonds is 5. The molecule has 1 aromatic carbocycles. The number of amides is 1. The Kier molecular flexibility index (Phi) is 4.53. The van der Waals surface area contributed by atoms with E-state index in [9.17, 15) is 4.79 Å².